The predicted octanol–water partition coefficient (Wildman–Crippen LogP) is 2.75. The number of furan rings is 1. The first-order valence-electron chi connectivity index (χ1n) is 7.98. The van der Waals surface area contributed by atoms with Crippen LogP contribution >= 0.6 is 11.8 Å². The van der Waals surface area contributed by atoms with Crippen LogP contribution in [0.4, 0.5) is 5.69 Å². The number of carbonyl (C=O) groups excluding carboxylic acids is 2. The van der Waals surface area contributed by atoms with Gasteiger partial charge in [-0.05, 0) is 25.1 Å². The van der Waals surface area contributed by atoms with Gasteiger partial charge in [0.2, 0.25) is 11.8 Å². The fourth-order valence-electron chi connectivity index (χ4n) is 2.70. The van der Waals surface area contributed by atoms with Gasteiger partial charge in [-0.2, -0.15) is 0 Å². The molecule has 8 heteroatoms. The fourth-order valence-corrected chi connectivity index (χ4v) is 3.80. The molecule has 0 saturated carbocycles. The van der Waals surface area contributed by atoms with E-state index in [1.807, 2.05) is 24.3 Å². The monoisotopic (exact) mass is 374 g/mol. The molecule has 1 atom stereocenters. The molecule has 0 unspecified atom stereocenters. The Kier molecular flexibility index (Phi) is 5.03. The van der Waals surface area contributed by atoms with Crippen LogP contribution in [-0.4, -0.2) is 40.1 Å². The number of carbonyl (C=O) groups is 3. The van der Waals surface area contributed by atoms with Crippen molar-refractivity contribution in [2.45, 2.75) is 30.0 Å². The van der Waals surface area contributed by atoms with E-state index in [0.717, 1.165) is 10.6 Å². The minimum atomic E-state index is -1.07. The molecule has 1 aromatic heterocycles. The number of nitrogens with zero attached hydrogens (tertiary/aromatic N) is 1. The highest BCUT2D eigenvalue weighted by molar-refractivity contribution is 8.01. The number of aromatic carboxylic acids is 1. The summed E-state index contributed by atoms with van der Waals surface area (Å²) in [6, 6.07) is 8.87. The third-order valence-corrected chi connectivity index (χ3v) is 5.36. The van der Waals surface area contributed by atoms with Crippen molar-refractivity contribution in [3.8, 4) is 0 Å². The van der Waals surface area contributed by atoms with Crippen molar-refractivity contribution in [2.24, 2.45) is 0 Å². The molecule has 3 rings (SSSR count). The number of carboxylic acids is 1. The van der Waals surface area contributed by atoms with Gasteiger partial charge in [0.15, 0.2) is 0 Å². The summed E-state index contributed by atoms with van der Waals surface area (Å²) in [6.45, 7) is 1.71. The first-order valence-corrected chi connectivity index (χ1v) is 8.86. The lowest BCUT2D eigenvalue weighted by Gasteiger charge is -2.25. The number of para-hydroxylation sites is 1. The van der Waals surface area contributed by atoms with Crippen LogP contribution in [0.15, 0.2) is 39.6 Å². The van der Waals surface area contributed by atoms with E-state index in [2.05, 4.69) is 5.32 Å². The van der Waals surface area contributed by atoms with E-state index in [1.54, 1.807) is 14.0 Å². The van der Waals surface area contributed by atoms with E-state index in [0.29, 0.717) is 11.5 Å². The molecule has 0 saturated heterocycles. The first kappa shape index (κ1) is 18.1. The van der Waals surface area contributed by atoms with E-state index in [4.69, 9.17) is 9.52 Å². The first-order chi connectivity index (χ1) is 12.3. The lowest BCUT2D eigenvalue weighted by Crippen LogP contribution is -2.35. The van der Waals surface area contributed by atoms with Gasteiger partial charge in [-0.25, -0.2) is 4.79 Å². The Morgan fingerprint density at radius 3 is 2.77 bits per heavy atom. The second-order valence-corrected chi connectivity index (χ2v) is 7.28. The molecule has 2 N–H and O–H groups in total. The zero-order chi connectivity index (χ0) is 18.8. The standard InChI is InChI=1S/C18H18N2O5S/c1-10-12(18(23)24)7-11(25-10)9-20(2)16(21)8-15-17(22)19-13-5-3-4-6-14(13)26-15/h3-7,15H,8-9H2,1-2H3,(H,19,22)(H,23,24)/t15-/m0/s1. The number of fused-ring (bicyclic) bond motifs is 1. The van der Waals surface area contributed by atoms with Gasteiger partial charge in [-0.1, -0.05) is 12.1 Å². The second kappa shape index (κ2) is 7.25. The Balaban J connectivity index is 1.63. The lowest BCUT2D eigenvalue weighted by molar-refractivity contribution is -0.132. The maximum Gasteiger partial charge on any atom is 0.339 e. The highest BCUT2D eigenvalue weighted by atomic mass is 32.2. The van der Waals surface area contributed by atoms with Crippen molar-refractivity contribution in [3.05, 3.63) is 47.4 Å². The molecule has 26 heavy (non-hydrogen) atoms. The van der Waals surface area contributed by atoms with Crippen LogP contribution < -0.4 is 5.32 Å². The molecule has 0 spiro atoms. The number of hydrogen-bond donors (Lipinski definition) is 2. The number of anilines is 1. The Bertz CT molecular complexity index is 876. The smallest absolute Gasteiger partial charge is 0.339 e. The topological polar surface area (TPSA) is 99.9 Å². The van der Waals surface area contributed by atoms with Gasteiger partial charge in [-0.15, -0.1) is 11.8 Å². The molecule has 2 amide bonds. The fraction of sp³-hybridized carbons (Fsp3) is 0.278. The summed E-state index contributed by atoms with van der Waals surface area (Å²) in [4.78, 5) is 38.1. The lowest BCUT2D eigenvalue weighted by atomic mass is 10.2. The summed E-state index contributed by atoms with van der Waals surface area (Å²) < 4.78 is 5.40. The molecule has 7 nitrogen and oxygen atoms in total. The van der Waals surface area contributed by atoms with Gasteiger partial charge in [0.25, 0.3) is 0 Å². The van der Waals surface area contributed by atoms with E-state index in [1.165, 1.54) is 22.7 Å². The summed E-state index contributed by atoms with van der Waals surface area (Å²) >= 11 is 1.37. The predicted molar refractivity (Wildman–Crippen MR) is 96.2 cm³/mol. The highest BCUT2D eigenvalue weighted by Gasteiger charge is 2.30. The van der Waals surface area contributed by atoms with Crippen molar-refractivity contribution in [3.63, 3.8) is 0 Å². The van der Waals surface area contributed by atoms with Gasteiger partial charge >= 0.3 is 5.97 Å². The number of thioether (sulfide) groups is 1. The highest BCUT2D eigenvalue weighted by Crippen LogP contribution is 2.36. The van der Waals surface area contributed by atoms with E-state index >= 15 is 0 Å². The van der Waals surface area contributed by atoms with E-state index in [-0.39, 0.29) is 30.3 Å². The Hall–Kier alpha value is -2.74. The molecule has 0 bridgehead atoms. The van der Waals surface area contributed by atoms with Gasteiger partial charge in [-0.3, -0.25) is 9.59 Å². The average molecular weight is 374 g/mol. The Morgan fingerprint density at radius 1 is 1.35 bits per heavy atom. The largest absolute Gasteiger partial charge is 0.478 e. The third-order valence-electron chi connectivity index (χ3n) is 4.08. The summed E-state index contributed by atoms with van der Waals surface area (Å²) in [6.07, 6.45) is 0.0484. The van der Waals surface area contributed by atoms with Crippen LogP contribution in [0.2, 0.25) is 0 Å². The minimum Gasteiger partial charge on any atom is -0.478 e. The van der Waals surface area contributed by atoms with Crippen molar-refractivity contribution in [1.29, 1.82) is 0 Å². The van der Waals surface area contributed by atoms with Crippen molar-refractivity contribution in [1.82, 2.24) is 4.90 Å². The van der Waals surface area contributed by atoms with E-state index in [9.17, 15) is 14.4 Å². The molecule has 2 aromatic rings. The number of nitrogens with one attached hydrogen (secondary N) is 1. The molecule has 1 aliphatic heterocycles. The van der Waals surface area contributed by atoms with Crippen LogP contribution in [0.5, 0.6) is 0 Å². The maximum absolute atomic E-state index is 12.5. The van der Waals surface area contributed by atoms with Crippen molar-refractivity contribution < 1.29 is 23.9 Å². The Morgan fingerprint density at radius 2 is 2.08 bits per heavy atom. The second-order valence-electron chi connectivity index (χ2n) is 6.03. The normalized spacial score (nSPS) is 15.9. The number of rotatable bonds is 5. The number of benzene rings is 1. The van der Waals surface area contributed by atoms with Gasteiger partial charge < -0.3 is 19.7 Å². The van der Waals surface area contributed by atoms with Crippen LogP contribution in [-0.2, 0) is 16.1 Å². The van der Waals surface area contributed by atoms with Crippen molar-refractivity contribution in [2.75, 3.05) is 12.4 Å². The molecule has 1 aliphatic rings. The quantitative estimate of drug-likeness (QED) is 0.835. The summed E-state index contributed by atoms with van der Waals surface area (Å²) in [7, 11) is 1.60. The van der Waals surface area contributed by atoms with Gasteiger partial charge in [0.05, 0.1) is 17.5 Å². The summed E-state index contributed by atoms with van der Waals surface area (Å²) in [5.41, 5.74) is 0.839. The molecule has 0 radical (unpaired) electrons. The minimum absolute atomic E-state index is 0.0484. The molecule has 2 heterocycles. The van der Waals surface area contributed by atoms with Crippen molar-refractivity contribution >= 4 is 35.2 Å². The van der Waals surface area contributed by atoms with Crippen LogP contribution in [0.25, 0.3) is 0 Å². The van der Waals surface area contributed by atoms with Gasteiger partial charge in [0, 0.05) is 18.4 Å². The maximum atomic E-state index is 12.5. The SMILES string of the molecule is Cc1oc(CN(C)C(=O)C[C@@H]2Sc3ccccc3NC2=O)cc1C(=O)O. The van der Waals surface area contributed by atoms with Crippen LogP contribution in [0.1, 0.15) is 28.3 Å². The third kappa shape index (κ3) is 3.75. The summed E-state index contributed by atoms with van der Waals surface area (Å²) in [5, 5.41) is 11.4. The molecular weight excluding hydrogens is 356 g/mol. The molecule has 1 aromatic carbocycles. The number of carboxylic acid groups (broad SMARTS) is 1. The summed E-state index contributed by atoms with van der Waals surface area (Å²) in [5.74, 6) is -0.796. The molecular formula is C18H18N2O5S. The zero-order valence-corrected chi connectivity index (χ0v) is 15.1. The van der Waals surface area contributed by atoms with Crippen LogP contribution in [0.3, 0.4) is 0 Å². The van der Waals surface area contributed by atoms with E-state index < -0.39 is 11.2 Å². The Labute approximate surface area is 154 Å². The average Bonchev–Trinajstić information content (AvgIpc) is 2.96. The number of amides is 2. The van der Waals surface area contributed by atoms with Crippen LogP contribution in [0, 0.1) is 6.92 Å². The molecule has 0 aliphatic carbocycles. The number of hydrogen-bond acceptors (Lipinski definition) is 5. The number of aryl methyl sites for hydroxylation is 1. The molecule has 0 fully saturated rings. The van der Waals surface area contributed by atoms with Gasteiger partial charge in [0.1, 0.15) is 17.1 Å². The molecule has 136 valence electrons. The zero-order valence-electron chi connectivity index (χ0n) is 14.3.